The van der Waals surface area contributed by atoms with E-state index in [1.54, 1.807) is 12.1 Å². The lowest BCUT2D eigenvalue weighted by atomic mass is 9.99. The minimum absolute atomic E-state index is 0.295. The largest absolute Gasteiger partial charge is 0.494 e. The van der Waals surface area contributed by atoms with Crippen molar-refractivity contribution in [2.45, 2.75) is 39.3 Å². The summed E-state index contributed by atoms with van der Waals surface area (Å²) in [6.45, 7) is 8.49. The molecule has 1 aliphatic heterocycles. The SMILES string of the molecule is COc1ccc(N2CC(CC(C)C)NCC2C)cc1F. The maximum Gasteiger partial charge on any atom is 0.167 e. The first-order valence-corrected chi connectivity index (χ1v) is 7.34. The van der Waals surface area contributed by atoms with E-state index in [1.165, 1.54) is 7.11 Å². The Morgan fingerprint density at radius 3 is 2.80 bits per heavy atom. The first-order valence-electron chi connectivity index (χ1n) is 7.34. The number of benzene rings is 1. The van der Waals surface area contributed by atoms with Gasteiger partial charge in [-0.25, -0.2) is 4.39 Å². The van der Waals surface area contributed by atoms with Crippen LogP contribution in [-0.2, 0) is 0 Å². The molecule has 1 heterocycles. The average molecular weight is 280 g/mol. The molecule has 0 bridgehead atoms. The Bertz CT molecular complexity index is 450. The van der Waals surface area contributed by atoms with Crippen molar-refractivity contribution in [3.63, 3.8) is 0 Å². The molecule has 1 aliphatic rings. The van der Waals surface area contributed by atoms with Gasteiger partial charge in [-0.15, -0.1) is 0 Å². The van der Waals surface area contributed by atoms with Crippen LogP contribution in [0, 0.1) is 11.7 Å². The van der Waals surface area contributed by atoms with Gasteiger partial charge in [-0.2, -0.15) is 0 Å². The van der Waals surface area contributed by atoms with Gasteiger partial charge in [0.1, 0.15) is 0 Å². The van der Waals surface area contributed by atoms with Gasteiger partial charge in [0.2, 0.25) is 0 Å². The normalized spacial score (nSPS) is 23.2. The van der Waals surface area contributed by atoms with Gasteiger partial charge < -0.3 is 15.0 Å². The summed E-state index contributed by atoms with van der Waals surface area (Å²) in [5.41, 5.74) is 0.936. The van der Waals surface area contributed by atoms with Gasteiger partial charge in [0.05, 0.1) is 7.11 Å². The van der Waals surface area contributed by atoms with Crippen molar-refractivity contribution in [3.05, 3.63) is 24.0 Å². The van der Waals surface area contributed by atoms with Crippen LogP contribution >= 0.6 is 0 Å². The second-order valence-corrected chi connectivity index (χ2v) is 6.05. The number of halogens is 1. The fourth-order valence-electron chi connectivity index (χ4n) is 2.85. The number of nitrogens with zero attached hydrogens (tertiary/aromatic N) is 1. The number of piperazine rings is 1. The molecule has 112 valence electrons. The standard InChI is InChI=1S/C16H25FN2O/c1-11(2)7-13-10-19(12(3)9-18-13)14-5-6-16(20-4)15(17)8-14/h5-6,8,11-13,18H,7,9-10H2,1-4H3. The number of hydrogen-bond donors (Lipinski definition) is 1. The molecule has 1 aromatic rings. The maximum absolute atomic E-state index is 13.9. The minimum atomic E-state index is -0.295. The van der Waals surface area contributed by atoms with E-state index in [0.29, 0.717) is 23.8 Å². The molecule has 0 spiro atoms. The smallest absolute Gasteiger partial charge is 0.167 e. The molecular weight excluding hydrogens is 255 g/mol. The number of nitrogens with one attached hydrogen (secondary N) is 1. The van der Waals surface area contributed by atoms with Crippen LogP contribution in [-0.4, -0.2) is 32.3 Å². The molecule has 2 rings (SSSR count). The summed E-state index contributed by atoms with van der Waals surface area (Å²) in [6.07, 6.45) is 1.14. The zero-order chi connectivity index (χ0) is 14.7. The monoisotopic (exact) mass is 280 g/mol. The van der Waals surface area contributed by atoms with E-state index in [0.717, 1.165) is 25.2 Å². The molecule has 1 N–H and O–H groups in total. The van der Waals surface area contributed by atoms with Crippen LogP contribution in [0.3, 0.4) is 0 Å². The van der Waals surface area contributed by atoms with Gasteiger partial charge in [-0.05, 0) is 31.4 Å². The van der Waals surface area contributed by atoms with E-state index < -0.39 is 0 Å². The molecule has 20 heavy (non-hydrogen) atoms. The van der Waals surface area contributed by atoms with Crippen LogP contribution in [0.4, 0.5) is 10.1 Å². The molecule has 0 amide bonds. The zero-order valence-corrected chi connectivity index (χ0v) is 12.8. The number of ether oxygens (including phenoxy) is 1. The molecule has 0 saturated carbocycles. The van der Waals surface area contributed by atoms with Gasteiger partial charge in [-0.1, -0.05) is 13.8 Å². The van der Waals surface area contributed by atoms with Crippen molar-refractivity contribution in [1.82, 2.24) is 5.32 Å². The number of anilines is 1. The van der Waals surface area contributed by atoms with E-state index in [-0.39, 0.29) is 5.82 Å². The highest BCUT2D eigenvalue weighted by Crippen LogP contribution is 2.26. The molecule has 1 aromatic carbocycles. The summed E-state index contributed by atoms with van der Waals surface area (Å²) in [4.78, 5) is 2.28. The lowest BCUT2D eigenvalue weighted by Gasteiger charge is -2.41. The highest BCUT2D eigenvalue weighted by atomic mass is 19.1. The summed E-state index contributed by atoms with van der Waals surface area (Å²) >= 11 is 0. The molecule has 2 unspecified atom stereocenters. The van der Waals surface area contributed by atoms with Crippen molar-refractivity contribution in [3.8, 4) is 5.75 Å². The molecule has 3 nitrogen and oxygen atoms in total. The lowest BCUT2D eigenvalue weighted by Crippen LogP contribution is -2.56. The van der Waals surface area contributed by atoms with Crippen molar-refractivity contribution in [2.75, 3.05) is 25.1 Å². The van der Waals surface area contributed by atoms with Crippen molar-refractivity contribution >= 4 is 5.69 Å². The summed E-state index contributed by atoms with van der Waals surface area (Å²) in [7, 11) is 1.49. The summed E-state index contributed by atoms with van der Waals surface area (Å²) in [6, 6.07) is 6.06. The topological polar surface area (TPSA) is 24.5 Å². The van der Waals surface area contributed by atoms with E-state index in [9.17, 15) is 4.39 Å². The first kappa shape index (κ1) is 15.1. The second kappa shape index (κ2) is 6.44. The van der Waals surface area contributed by atoms with Crippen molar-refractivity contribution in [1.29, 1.82) is 0 Å². The van der Waals surface area contributed by atoms with Gasteiger partial charge in [0, 0.05) is 36.9 Å². The average Bonchev–Trinajstić information content (AvgIpc) is 2.40. The van der Waals surface area contributed by atoms with Crippen molar-refractivity contribution in [2.24, 2.45) is 5.92 Å². The Hall–Kier alpha value is -1.29. The van der Waals surface area contributed by atoms with Crippen LogP contribution in [0.2, 0.25) is 0 Å². The molecule has 0 radical (unpaired) electrons. The van der Waals surface area contributed by atoms with Crippen molar-refractivity contribution < 1.29 is 9.13 Å². The van der Waals surface area contributed by atoms with Gasteiger partial charge in [-0.3, -0.25) is 0 Å². The van der Waals surface area contributed by atoms with Gasteiger partial charge in [0.15, 0.2) is 11.6 Å². The number of methoxy groups -OCH3 is 1. The molecule has 1 fully saturated rings. The third-order valence-electron chi connectivity index (χ3n) is 3.87. The van der Waals surface area contributed by atoms with Crippen LogP contribution in [0.5, 0.6) is 5.75 Å². The Kier molecular flexibility index (Phi) is 4.86. The maximum atomic E-state index is 13.9. The van der Waals surface area contributed by atoms with E-state index in [4.69, 9.17) is 4.74 Å². The number of rotatable bonds is 4. The van der Waals surface area contributed by atoms with Gasteiger partial charge in [0.25, 0.3) is 0 Å². The molecule has 0 aliphatic carbocycles. The first-order chi connectivity index (χ1) is 9.51. The van der Waals surface area contributed by atoms with Crippen LogP contribution in [0.15, 0.2) is 18.2 Å². The van der Waals surface area contributed by atoms with Gasteiger partial charge >= 0.3 is 0 Å². The Morgan fingerprint density at radius 1 is 1.45 bits per heavy atom. The molecule has 2 atom stereocenters. The molecule has 0 aromatic heterocycles. The Labute approximate surface area is 121 Å². The Balaban J connectivity index is 2.14. The quantitative estimate of drug-likeness (QED) is 0.917. The van der Waals surface area contributed by atoms with Crippen LogP contribution in [0.25, 0.3) is 0 Å². The van der Waals surface area contributed by atoms with E-state index >= 15 is 0 Å². The van der Waals surface area contributed by atoms with E-state index in [2.05, 4.69) is 31.0 Å². The number of hydrogen-bond acceptors (Lipinski definition) is 3. The molecular formula is C16H25FN2O. The Morgan fingerprint density at radius 2 is 2.20 bits per heavy atom. The fourth-order valence-corrected chi connectivity index (χ4v) is 2.85. The van der Waals surface area contributed by atoms with Crippen LogP contribution < -0.4 is 15.0 Å². The third-order valence-corrected chi connectivity index (χ3v) is 3.87. The predicted octanol–water partition coefficient (Wildman–Crippen LogP) is 3.05. The minimum Gasteiger partial charge on any atom is -0.494 e. The second-order valence-electron chi connectivity index (χ2n) is 6.05. The molecule has 1 saturated heterocycles. The lowest BCUT2D eigenvalue weighted by molar-refractivity contribution is 0.355. The third kappa shape index (κ3) is 3.42. The predicted molar refractivity (Wildman–Crippen MR) is 81.0 cm³/mol. The molecule has 4 heteroatoms. The summed E-state index contributed by atoms with van der Waals surface area (Å²) < 4.78 is 18.9. The fraction of sp³-hybridized carbons (Fsp3) is 0.625. The summed E-state index contributed by atoms with van der Waals surface area (Å²) in [5.74, 6) is 0.668. The zero-order valence-electron chi connectivity index (χ0n) is 12.8. The summed E-state index contributed by atoms with van der Waals surface area (Å²) in [5, 5.41) is 3.58. The highest BCUT2D eigenvalue weighted by molar-refractivity contribution is 5.51. The highest BCUT2D eigenvalue weighted by Gasteiger charge is 2.26. The van der Waals surface area contributed by atoms with E-state index in [1.807, 2.05) is 6.07 Å². The van der Waals surface area contributed by atoms with Crippen LogP contribution in [0.1, 0.15) is 27.2 Å².